The number of carbonyl (C=O) groups excluding carboxylic acids is 2. The van der Waals surface area contributed by atoms with Crippen molar-refractivity contribution in [3.63, 3.8) is 0 Å². The standard InChI is InChI=1S/C18H26N2O3/c1-13(21)20-11-15(14-8-6-5-7-9-14)10-16(12-20)19-17(22)23-18(2,3)4/h5-9,15-16H,10-12H2,1-4H3,(H,19,22). The summed E-state index contributed by atoms with van der Waals surface area (Å²) in [5, 5.41) is 2.90. The molecular weight excluding hydrogens is 292 g/mol. The van der Waals surface area contributed by atoms with Crippen LogP contribution in [0.3, 0.4) is 0 Å². The molecule has 2 atom stereocenters. The number of alkyl carbamates (subject to hydrolysis) is 1. The highest BCUT2D eigenvalue weighted by Gasteiger charge is 2.31. The van der Waals surface area contributed by atoms with Crippen LogP contribution in [0.4, 0.5) is 4.79 Å². The molecule has 1 aromatic carbocycles. The SMILES string of the molecule is CC(=O)N1CC(NC(=O)OC(C)(C)C)CC(c2ccccc2)C1. The second-order valence-corrected chi connectivity index (χ2v) is 7.11. The van der Waals surface area contributed by atoms with Crippen LogP contribution < -0.4 is 5.32 Å². The van der Waals surface area contributed by atoms with Crippen molar-refractivity contribution in [2.24, 2.45) is 0 Å². The molecule has 1 fully saturated rings. The van der Waals surface area contributed by atoms with Crippen LogP contribution in [0.25, 0.3) is 0 Å². The van der Waals surface area contributed by atoms with Crippen molar-refractivity contribution >= 4 is 12.0 Å². The number of rotatable bonds is 2. The zero-order valence-corrected chi connectivity index (χ0v) is 14.3. The van der Waals surface area contributed by atoms with Crippen LogP contribution in [-0.2, 0) is 9.53 Å². The molecule has 0 saturated carbocycles. The predicted octanol–water partition coefficient (Wildman–Crippen LogP) is 2.92. The molecule has 2 amide bonds. The van der Waals surface area contributed by atoms with Gasteiger partial charge in [0.05, 0.1) is 6.04 Å². The number of hydrogen-bond donors (Lipinski definition) is 1. The summed E-state index contributed by atoms with van der Waals surface area (Å²) in [5.74, 6) is 0.246. The number of piperidine rings is 1. The molecule has 1 N–H and O–H groups in total. The predicted molar refractivity (Wildman–Crippen MR) is 89.2 cm³/mol. The van der Waals surface area contributed by atoms with Crippen molar-refractivity contribution < 1.29 is 14.3 Å². The number of amides is 2. The Morgan fingerprint density at radius 1 is 1.17 bits per heavy atom. The Kier molecular flexibility index (Phi) is 5.29. The largest absolute Gasteiger partial charge is 0.444 e. The van der Waals surface area contributed by atoms with Gasteiger partial charge in [0.15, 0.2) is 0 Å². The summed E-state index contributed by atoms with van der Waals surface area (Å²) in [6.45, 7) is 8.29. The van der Waals surface area contributed by atoms with Gasteiger partial charge in [0.1, 0.15) is 5.60 Å². The van der Waals surface area contributed by atoms with E-state index in [-0.39, 0.29) is 17.9 Å². The second kappa shape index (κ2) is 7.02. The minimum Gasteiger partial charge on any atom is -0.444 e. The van der Waals surface area contributed by atoms with Gasteiger partial charge in [-0.25, -0.2) is 4.79 Å². The Morgan fingerprint density at radius 2 is 1.83 bits per heavy atom. The molecule has 2 unspecified atom stereocenters. The molecule has 1 heterocycles. The zero-order chi connectivity index (χ0) is 17.0. The smallest absolute Gasteiger partial charge is 0.407 e. The molecule has 0 radical (unpaired) electrons. The third-order valence-corrected chi connectivity index (χ3v) is 3.89. The van der Waals surface area contributed by atoms with Gasteiger partial charge in [0, 0.05) is 25.9 Å². The van der Waals surface area contributed by atoms with Gasteiger partial charge in [-0.3, -0.25) is 4.79 Å². The van der Waals surface area contributed by atoms with E-state index < -0.39 is 11.7 Å². The Labute approximate surface area is 138 Å². The van der Waals surface area contributed by atoms with E-state index in [0.717, 1.165) is 6.42 Å². The summed E-state index contributed by atoms with van der Waals surface area (Å²) in [5.41, 5.74) is 0.659. The second-order valence-electron chi connectivity index (χ2n) is 7.11. The Bertz CT molecular complexity index is 551. The van der Waals surface area contributed by atoms with Crippen LogP contribution >= 0.6 is 0 Å². The Hall–Kier alpha value is -2.04. The average molecular weight is 318 g/mol. The van der Waals surface area contributed by atoms with E-state index in [1.807, 2.05) is 39.0 Å². The van der Waals surface area contributed by atoms with Gasteiger partial charge in [-0.2, -0.15) is 0 Å². The maximum Gasteiger partial charge on any atom is 0.407 e. The van der Waals surface area contributed by atoms with E-state index in [1.54, 1.807) is 11.8 Å². The van der Waals surface area contributed by atoms with E-state index in [2.05, 4.69) is 17.4 Å². The first-order valence-electron chi connectivity index (χ1n) is 8.04. The monoisotopic (exact) mass is 318 g/mol. The van der Waals surface area contributed by atoms with E-state index in [4.69, 9.17) is 4.74 Å². The van der Waals surface area contributed by atoms with Gasteiger partial charge in [-0.1, -0.05) is 30.3 Å². The van der Waals surface area contributed by atoms with Crippen molar-refractivity contribution in [3.8, 4) is 0 Å². The third kappa shape index (κ3) is 5.27. The molecule has 0 spiro atoms. The fourth-order valence-electron chi connectivity index (χ4n) is 2.90. The quantitative estimate of drug-likeness (QED) is 0.912. The maximum absolute atomic E-state index is 12.0. The summed E-state index contributed by atoms with van der Waals surface area (Å²) in [6.07, 6.45) is 0.368. The van der Waals surface area contributed by atoms with Gasteiger partial charge in [-0.15, -0.1) is 0 Å². The van der Waals surface area contributed by atoms with Crippen LogP contribution in [0.5, 0.6) is 0 Å². The first kappa shape index (κ1) is 17.3. The van der Waals surface area contributed by atoms with Gasteiger partial charge < -0.3 is 15.0 Å². The van der Waals surface area contributed by atoms with Crippen molar-refractivity contribution in [1.29, 1.82) is 0 Å². The van der Waals surface area contributed by atoms with E-state index in [0.29, 0.717) is 13.1 Å². The lowest BCUT2D eigenvalue weighted by atomic mass is 9.88. The normalized spacial score (nSPS) is 21.7. The first-order valence-corrected chi connectivity index (χ1v) is 8.04. The lowest BCUT2D eigenvalue weighted by Gasteiger charge is -2.38. The number of nitrogens with one attached hydrogen (secondary N) is 1. The summed E-state index contributed by atoms with van der Waals surface area (Å²) >= 11 is 0. The number of nitrogens with zero attached hydrogens (tertiary/aromatic N) is 1. The Morgan fingerprint density at radius 3 is 2.39 bits per heavy atom. The molecule has 0 aromatic heterocycles. The molecule has 1 saturated heterocycles. The third-order valence-electron chi connectivity index (χ3n) is 3.89. The van der Waals surface area contributed by atoms with Crippen LogP contribution in [0, 0.1) is 0 Å². The molecule has 126 valence electrons. The summed E-state index contributed by atoms with van der Waals surface area (Å²) in [7, 11) is 0. The number of carbonyl (C=O) groups is 2. The van der Waals surface area contributed by atoms with Gasteiger partial charge in [0.25, 0.3) is 0 Å². The van der Waals surface area contributed by atoms with Gasteiger partial charge >= 0.3 is 6.09 Å². The summed E-state index contributed by atoms with van der Waals surface area (Å²) in [4.78, 5) is 25.6. The van der Waals surface area contributed by atoms with E-state index >= 15 is 0 Å². The minimum absolute atomic E-state index is 0.0293. The van der Waals surface area contributed by atoms with Crippen molar-refractivity contribution in [2.45, 2.75) is 51.7 Å². The molecule has 5 heteroatoms. The number of likely N-dealkylation sites (tertiary alicyclic amines) is 1. The molecular formula is C18H26N2O3. The first-order chi connectivity index (χ1) is 10.7. The highest BCUT2D eigenvalue weighted by Crippen LogP contribution is 2.27. The molecule has 5 nitrogen and oxygen atoms in total. The molecule has 1 aliphatic heterocycles. The number of ether oxygens (including phenoxy) is 1. The highest BCUT2D eigenvalue weighted by molar-refractivity contribution is 5.74. The number of hydrogen-bond acceptors (Lipinski definition) is 3. The highest BCUT2D eigenvalue weighted by atomic mass is 16.6. The molecule has 2 rings (SSSR count). The van der Waals surface area contributed by atoms with E-state index in [1.165, 1.54) is 5.56 Å². The van der Waals surface area contributed by atoms with Crippen LogP contribution in [0.15, 0.2) is 30.3 Å². The maximum atomic E-state index is 12.0. The Balaban J connectivity index is 2.07. The van der Waals surface area contributed by atoms with Crippen LogP contribution in [0.1, 0.15) is 45.6 Å². The fraction of sp³-hybridized carbons (Fsp3) is 0.556. The van der Waals surface area contributed by atoms with Crippen LogP contribution in [0.2, 0.25) is 0 Å². The topological polar surface area (TPSA) is 58.6 Å². The molecule has 1 aliphatic rings. The fourth-order valence-corrected chi connectivity index (χ4v) is 2.90. The molecule has 0 bridgehead atoms. The average Bonchev–Trinajstić information content (AvgIpc) is 2.45. The lowest BCUT2D eigenvalue weighted by molar-refractivity contribution is -0.130. The summed E-state index contributed by atoms with van der Waals surface area (Å²) < 4.78 is 5.32. The molecule has 1 aromatic rings. The van der Waals surface area contributed by atoms with Crippen LogP contribution in [-0.4, -0.2) is 41.6 Å². The van der Waals surface area contributed by atoms with Crippen molar-refractivity contribution in [3.05, 3.63) is 35.9 Å². The van der Waals surface area contributed by atoms with Crippen molar-refractivity contribution in [1.82, 2.24) is 10.2 Å². The number of benzene rings is 1. The minimum atomic E-state index is -0.530. The molecule has 0 aliphatic carbocycles. The lowest BCUT2D eigenvalue weighted by Crippen LogP contribution is -2.52. The zero-order valence-electron chi connectivity index (χ0n) is 14.3. The van der Waals surface area contributed by atoms with E-state index in [9.17, 15) is 9.59 Å². The molecule has 23 heavy (non-hydrogen) atoms. The summed E-state index contributed by atoms with van der Waals surface area (Å²) in [6, 6.07) is 10.0. The van der Waals surface area contributed by atoms with Gasteiger partial charge in [0.2, 0.25) is 5.91 Å². The van der Waals surface area contributed by atoms with Gasteiger partial charge in [-0.05, 0) is 32.8 Å². The van der Waals surface area contributed by atoms with Crippen molar-refractivity contribution in [2.75, 3.05) is 13.1 Å².